The summed E-state index contributed by atoms with van der Waals surface area (Å²) in [6.45, 7) is 9.21. The van der Waals surface area contributed by atoms with Crippen LogP contribution in [0.3, 0.4) is 0 Å². The normalized spacial score (nSPS) is 29.3. The molecule has 0 aromatic heterocycles. The number of rotatable bonds is 4. The highest BCUT2D eigenvalue weighted by molar-refractivity contribution is 6.76. The van der Waals surface area contributed by atoms with Crippen molar-refractivity contribution in [3.05, 3.63) is 0 Å². The van der Waals surface area contributed by atoms with Crippen LogP contribution in [0.25, 0.3) is 0 Å². The minimum Gasteiger partial charge on any atom is -0.295 e. The molecule has 0 N–H and O–H groups in total. The number of hydrogen-bond donors (Lipinski definition) is 0. The fourth-order valence-corrected chi connectivity index (χ4v) is 3.54. The number of halogens is 3. The van der Waals surface area contributed by atoms with Gasteiger partial charge >= 0.3 is 0 Å². The molecule has 1 saturated carbocycles. The molecule has 0 unspecified atom stereocenters. The van der Waals surface area contributed by atoms with Gasteiger partial charge in [0.1, 0.15) is 0 Å². The van der Waals surface area contributed by atoms with Crippen molar-refractivity contribution in [3.8, 4) is 0 Å². The Morgan fingerprint density at radius 2 is 1.89 bits per heavy atom. The number of Topliss-reactive ketones (excluding diaryl/α,β-unsaturated/α-hetero) is 1. The number of hydrogen-bond acceptors (Lipinski definition) is 1. The lowest BCUT2D eigenvalue weighted by atomic mass is 9.70. The Labute approximate surface area is 126 Å². The zero-order chi connectivity index (χ0) is 14.1. The van der Waals surface area contributed by atoms with Crippen molar-refractivity contribution >= 4 is 40.6 Å². The molecule has 0 spiro atoms. The second-order valence-corrected chi connectivity index (χ2v) is 8.62. The van der Waals surface area contributed by atoms with Gasteiger partial charge in [0.25, 0.3) is 0 Å². The summed E-state index contributed by atoms with van der Waals surface area (Å²) in [4.78, 5) is 11.6. The summed E-state index contributed by atoms with van der Waals surface area (Å²) in [5.74, 6) is 1.62. The Morgan fingerprint density at radius 1 is 1.33 bits per heavy atom. The lowest BCUT2D eigenvalue weighted by Gasteiger charge is -2.35. The summed E-state index contributed by atoms with van der Waals surface area (Å²) < 4.78 is -1.75. The topological polar surface area (TPSA) is 17.1 Å². The van der Waals surface area contributed by atoms with Gasteiger partial charge in [-0.3, -0.25) is 4.79 Å². The number of carbonyl (C=O) groups is 1. The fraction of sp³-hybridized carbons (Fsp3) is 0.929. The molecule has 18 heavy (non-hydrogen) atoms. The zero-order valence-electron chi connectivity index (χ0n) is 11.6. The first-order valence-corrected chi connectivity index (χ1v) is 7.80. The average molecular weight is 314 g/mol. The molecule has 4 heteroatoms. The van der Waals surface area contributed by atoms with Gasteiger partial charge in [-0.15, -0.1) is 0 Å². The largest absolute Gasteiger partial charge is 0.295 e. The van der Waals surface area contributed by atoms with E-state index in [9.17, 15) is 4.79 Å². The van der Waals surface area contributed by atoms with Crippen LogP contribution in [0, 0.1) is 23.2 Å². The monoisotopic (exact) mass is 312 g/mol. The maximum Gasteiger partial charge on any atom is 0.248 e. The average Bonchev–Trinajstić information content (AvgIpc) is 2.49. The molecule has 0 aliphatic heterocycles. The van der Waals surface area contributed by atoms with Crippen molar-refractivity contribution in [1.29, 1.82) is 0 Å². The number of alkyl halides is 3. The smallest absolute Gasteiger partial charge is 0.248 e. The molecular formula is C14H23Cl3O. The molecule has 1 aliphatic carbocycles. The minimum atomic E-state index is -1.75. The molecule has 0 aromatic rings. The van der Waals surface area contributed by atoms with E-state index >= 15 is 0 Å². The first-order valence-electron chi connectivity index (χ1n) is 6.66. The molecule has 1 aliphatic rings. The molecule has 106 valence electrons. The van der Waals surface area contributed by atoms with E-state index in [-0.39, 0.29) is 5.78 Å². The van der Waals surface area contributed by atoms with Gasteiger partial charge in [0.2, 0.25) is 3.79 Å². The molecule has 0 amide bonds. The van der Waals surface area contributed by atoms with Crippen LogP contribution in [0.5, 0.6) is 0 Å². The summed E-state index contributed by atoms with van der Waals surface area (Å²) in [6, 6.07) is 0. The van der Waals surface area contributed by atoms with Gasteiger partial charge in [0, 0.05) is 6.42 Å². The second kappa shape index (κ2) is 5.89. The van der Waals surface area contributed by atoms with Crippen LogP contribution in [-0.4, -0.2) is 9.58 Å². The maximum absolute atomic E-state index is 11.6. The van der Waals surface area contributed by atoms with Crippen LogP contribution in [-0.2, 0) is 4.79 Å². The number of carbonyl (C=O) groups excluding carboxylic acids is 1. The third kappa shape index (κ3) is 3.77. The predicted octanol–water partition coefficient (Wildman–Crippen LogP) is 5.41. The van der Waals surface area contributed by atoms with Crippen LogP contribution in [0.4, 0.5) is 0 Å². The Balaban J connectivity index is 2.52. The standard InChI is InChI=1S/C14H23Cl3O/c1-9(5-8-12(18)14(15,16)17)11-7-6-10(2)13(11,3)4/h9-11H,5-8H2,1-4H3/t9-,10-,11-/m1/s1. The molecule has 1 fully saturated rings. The Hall–Kier alpha value is 0.540. The molecule has 0 aromatic carbocycles. The van der Waals surface area contributed by atoms with Gasteiger partial charge in [-0.1, -0.05) is 62.5 Å². The van der Waals surface area contributed by atoms with Crippen LogP contribution < -0.4 is 0 Å². The van der Waals surface area contributed by atoms with E-state index in [1.54, 1.807) is 0 Å². The zero-order valence-corrected chi connectivity index (χ0v) is 13.9. The summed E-state index contributed by atoms with van der Waals surface area (Å²) >= 11 is 16.8. The van der Waals surface area contributed by atoms with Gasteiger partial charge in [-0.2, -0.15) is 0 Å². The lowest BCUT2D eigenvalue weighted by Crippen LogP contribution is -2.29. The summed E-state index contributed by atoms with van der Waals surface area (Å²) in [6.07, 6.45) is 3.70. The van der Waals surface area contributed by atoms with E-state index in [1.165, 1.54) is 12.8 Å². The fourth-order valence-electron chi connectivity index (χ4n) is 3.26. The highest BCUT2D eigenvalue weighted by atomic mass is 35.6. The van der Waals surface area contributed by atoms with Crippen molar-refractivity contribution in [2.45, 2.75) is 57.2 Å². The van der Waals surface area contributed by atoms with Crippen molar-refractivity contribution in [2.75, 3.05) is 0 Å². The molecule has 0 bridgehead atoms. The van der Waals surface area contributed by atoms with Crippen LogP contribution in [0.15, 0.2) is 0 Å². The van der Waals surface area contributed by atoms with Crippen LogP contribution in [0.2, 0.25) is 0 Å². The lowest BCUT2D eigenvalue weighted by molar-refractivity contribution is -0.118. The van der Waals surface area contributed by atoms with Crippen molar-refractivity contribution in [1.82, 2.24) is 0 Å². The van der Waals surface area contributed by atoms with Gasteiger partial charge in [-0.25, -0.2) is 0 Å². The van der Waals surface area contributed by atoms with Crippen molar-refractivity contribution < 1.29 is 4.79 Å². The second-order valence-electron chi connectivity index (χ2n) is 6.34. The molecule has 0 radical (unpaired) electrons. The van der Waals surface area contributed by atoms with Gasteiger partial charge < -0.3 is 0 Å². The highest BCUT2D eigenvalue weighted by Crippen LogP contribution is 2.51. The minimum absolute atomic E-state index is 0.289. The van der Waals surface area contributed by atoms with E-state index in [0.717, 1.165) is 12.3 Å². The first kappa shape index (κ1) is 16.6. The summed E-state index contributed by atoms with van der Waals surface area (Å²) in [7, 11) is 0. The molecule has 0 saturated heterocycles. The molecule has 0 heterocycles. The Kier molecular flexibility index (Phi) is 5.43. The highest BCUT2D eigenvalue weighted by Gasteiger charge is 2.43. The SMILES string of the molecule is C[C@H](CCC(=O)C(Cl)(Cl)Cl)[C@H]1CC[C@@H](C)C1(C)C. The van der Waals surface area contributed by atoms with Crippen molar-refractivity contribution in [3.63, 3.8) is 0 Å². The Bertz CT molecular complexity index is 307. The molecular weight excluding hydrogens is 291 g/mol. The third-order valence-corrected chi connectivity index (χ3v) is 5.60. The molecule has 3 atom stereocenters. The summed E-state index contributed by atoms with van der Waals surface area (Å²) in [5, 5.41) is 0. The Morgan fingerprint density at radius 3 is 2.28 bits per heavy atom. The molecule has 1 nitrogen and oxygen atoms in total. The third-order valence-electron chi connectivity index (χ3n) is 4.97. The van der Waals surface area contributed by atoms with Gasteiger partial charge in [0.05, 0.1) is 0 Å². The van der Waals surface area contributed by atoms with E-state index in [1.807, 2.05) is 0 Å². The van der Waals surface area contributed by atoms with Gasteiger partial charge in [0.15, 0.2) is 5.78 Å². The predicted molar refractivity (Wildman–Crippen MR) is 79.4 cm³/mol. The van der Waals surface area contributed by atoms with E-state index in [4.69, 9.17) is 34.8 Å². The number of ketones is 1. The van der Waals surface area contributed by atoms with Crippen LogP contribution in [0.1, 0.15) is 53.4 Å². The van der Waals surface area contributed by atoms with Crippen molar-refractivity contribution in [2.24, 2.45) is 23.2 Å². The maximum atomic E-state index is 11.6. The van der Waals surface area contributed by atoms with E-state index < -0.39 is 3.79 Å². The summed E-state index contributed by atoms with van der Waals surface area (Å²) in [5.41, 5.74) is 0.350. The first-order chi connectivity index (χ1) is 8.06. The quantitative estimate of drug-likeness (QED) is 0.634. The van der Waals surface area contributed by atoms with E-state index in [0.29, 0.717) is 23.7 Å². The van der Waals surface area contributed by atoms with Crippen LogP contribution >= 0.6 is 34.8 Å². The van der Waals surface area contributed by atoms with E-state index in [2.05, 4.69) is 27.7 Å². The molecule has 1 rings (SSSR count). The van der Waals surface area contributed by atoms with Gasteiger partial charge in [-0.05, 0) is 42.4 Å².